The number of carbonyl (C=O) groups excluding carboxylic acids is 2. The molecule has 1 saturated heterocycles. The Balaban J connectivity index is 2.24. The fourth-order valence-corrected chi connectivity index (χ4v) is 6.49. The third kappa shape index (κ3) is 30.6. The molecule has 0 saturated carbocycles. The zero-order valence-corrected chi connectivity index (χ0v) is 33.6. The largest absolute Gasteiger partial charge is 0.472 e. The molecule has 1 fully saturated rings. The van der Waals surface area contributed by atoms with Crippen LogP contribution in [0.15, 0.2) is 36.5 Å². The van der Waals surface area contributed by atoms with Gasteiger partial charge in [-0.25, -0.2) is 4.57 Å². The molecule has 0 aromatic carbocycles. The summed E-state index contributed by atoms with van der Waals surface area (Å²) in [5, 5.41) is 0. The first-order valence-electron chi connectivity index (χ1n) is 20.6. The van der Waals surface area contributed by atoms with Crippen LogP contribution in [0.2, 0.25) is 0 Å². The van der Waals surface area contributed by atoms with Crippen molar-refractivity contribution in [3.05, 3.63) is 36.5 Å². The first-order valence-corrected chi connectivity index (χ1v) is 22.1. The highest BCUT2D eigenvalue weighted by atomic mass is 31.2. The number of hydrogen-bond acceptors (Lipinski definition) is 9. The van der Waals surface area contributed by atoms with Crippen LogP contribution in [-0.4, -0.2) is 61.5 Å². The third-order valence-corrected chi connectivity index (χ3v) is 9.92. The van der Waals surface area contributed by atoms with E-state index in [9.17, 15) is 19.0 Å². The van der Waals surface area contributed by atoms with Gasteiger partial charge in [0, 0.05) is 19.4 Å². The summed E-state index contributed by atoms with van der Waals surface area (Å²) < 4.78 is 38.4. The molecule has 0 aromatic rings. The fourth-order valence-electron chi connectivity index (χ4n) is 5.73. The third-order valence-electron chi connectivity index (χ3n) is 8.93. The Kier molecular flexibility index (Phi) is 31.3. The average molecular weight is 756 g/mol. The molecular weight excluding hydrogens is 681 g/mol. The molecule has 0 bridgehead atoms. The van der Waals surface area contributed by atoms with Gasteiger partial charge in [0.15, 0.2) is 6.10 Å². The Morgan fingerprint density at radius 3 is 1.83 bits per heavy atom. The van der Waals surface area contributed by atoms with E-state index in [1.165, 1.54) is 83.5 Å². The van der Waals surface area contributed by atoms with Crippen LogP contribution in [0.25, 0.3) is 0 Å². The van der Waals surface area contributed by atoms with Crippen LogP contribution in [0, 0.1) is 0 Å². The second-order valence-corrected chi connectivity index (χ2v) is 15.3. The predicted octanol–water partition coefficient (Wildman–Crippen LogP) is 10.4. The Labute approximate surface area is 316 Å². The van der Waals surface area contributed by atoms with E-state index < -0.39 is 32.5 Å². The number of ether oxygens (including phenoxy) is 3. The SMILES string of the molecule is CCCCC/C=C/CC1OC1C/C=C\C/C=C\CCCC(=O)OC(COC(=O)CCCCCCCCCCCCCCC)COP(=O)(O)OCCN. The molecule has 0 radical (unpaired) electrons. The van der Waals surface area contributed by atoms with Gasteiger partial charge in [-0.15, -0.1) is 0 Å². The molecule has 0 aliphatic carbocycles. The van der Waals surface area contributed by atoms with Gasteiger partial charge in [0.1, 0.15) is 6.61 Å². The van der Waals surface area contributed by atoms with Gasteiger partial charge in [0.25, 0.3) is 0 Å². The lowest BCUT2D eigenvalue weighted by Gasteiger charge is -2.19. The van der Waals surface area contributed by atoms with E-state index >= 15 is 0 Å². The first-order chi connectivity index (χ1) is 25.3. The average Bonchev–Trinajstić information content (AvgIpc) is 3.89. The zero-order valence-electron chi connectivity index (χ0n) is 32.7. The maximum absolute atomic E-state index is 12.5. The van der Waals surface area contributed by atoms with E-state index in [-0.39, 0.29) is 32.6 Å². The second kappa shape index (κ2) is 33.7. The number of carbonyl (C=O) groups is 2. The lowest BCUT2D eigenvalue weighted by atomic mass is 10.0. The summed E-state index contributed by atoms with van der Waals surface area (Å²) in [6.45, 7) is 3.62. The quantitative estimate of drug-likeness (QED) is 0.0206. The van der Waals surface area contributed by atoms with Crippen molar-refractivity contribution in [1.29, 1.82) is 0 Å². The Morgan fingerprint density at radius 2 is 1.19 bits per heavy atom. The van der Waals surface area contributed by atoms with Gasteiger partial charge in [0.2, 0.25) is 0 Å². The Bertz CT molecular complexity index is 1020. The van der Waals surface area contributed by atoms with Crippen molar-refractivity contribution < 1.29 is 42.3 Å². The lowest BCUT2D eigenvalue weighted by Crippen LogP contribution is -2.29. The van der Waals surface area contributed by atoms with E-state index in [0.717, 1.165) is 44.9 Å². The highest BCUT2D eigenvalue weighted by Gasteiger charge is 2.36. The van der Waals surface area contributed by atoms with E-state index in [1.54, 1.807) is 0 Å². The smallest absolute Gasteiger partial charge is 0.462 e. The molecule has 4 unspecified atom stereocenters. The van der Waals surface area contributed by atoms with E-state index in [4.69, 9.17) is 29.0 Å². The molecule has 3 N–H and O–H groups in total. The molecule has 10 nitrogen and oxygen atoms in total. The number of phosphoric ester groups is 1. The normalized spacial score (nSPS) is 17.6. The second-order valence-electron chi connectivity index (χ2n) is 13.9. The van der Waals surface area contributed by atoms with Crippen LogP contribution in [0.1, 0.15) is 168 Å². The lowest BCUT2D eigenvalue weighted by molar-refractivity contribution is -0.161. The van der Waals surface area contributed by atoms with Crippen molar-refractivity contribution >= 4 is 19.8 Å². The van der Waals surface area contributed by atoms with Crippen molar-refractivity contribution in [3.63, 3.8) is 0 Å². The Morgan fingerprint density at radius 1 is 0.673 bits per heavy atom. The summed E-state index contributed by atoms with van der Waals surface area (Å²) >= 11 is 0. The van der Waals surface area contributed by atoms with Gasteiger partial charge in [0.05, 0.1) is 25.4 Å². The van der Waals surface area contributed by atoms with Crippen LogP contribution in [0.5, 0.6) is 0 Å². The van der Waals surface area contributed by atoms with Gasteiger partial charge < -0.3 is 24.8 Å². The zero-order chi connectivity index (χ0) is 38.0. The van der Waals surface area contributed by atoms with Gasteiger partial charge in [-0.2, -0.15) is 0 Å². The highest BCUT2D eigenvalue weighted by Crippen LogP contribution is 2.43. The summed E-state index contributed by atoms with van der Waals surface area (Å²) in [6.07, 6.45) is 37.8. The number of epoxide rings is 1. The molecule has 0 amide bonds. The van der Waals surface area contributed by atoms with Crippen LogP contribution in [-0.2, 0) is 37.4 Å². The molecule has 1 aliphatic rings. The van der Waals surface area contributed by atoms with E-state index in [0.29, 0.717) is 25.0 Å². The van der Waals surface area contributed by atoms with E-state index in [2.05, 4.69) is 44.2 Å². The van der Waals surface area contributed by atoms with E-state index in [1.807, 2.05) is 6.08 Å². The first kappa shape index (κ1) is 48.2. The standard InChI is InChI=1S/C41H74NO9P/c1-3-5-7-9-11-12-13-14-15-16-19-23-27-31-40(43)47-35-37(36-49-52(45,46)48-34-33-42)50-41(44)32-28-24-20-17-18-22-26-30-39-38(51-39)29-25-21-10-8-6-4-2/h17,20-22,25-26,37-39H,3-16,18-19,23-24,27-36,42H2,1-2H3,(H,45,46)/b20-17-,25-21+,26-22-. The number of rotatable bonds is 37. The maximum atomic E-state index is 12.5. The minimum absolute atomic E-state index is 0.0427. The number of nitrogens with two attached hydrogens (primary N) is 1. The minimum Gasteiger partial charge on any atom is -0.462 e. The van der Waals surface area contributed by atoms with Crippen molar-refractivity contribution in [2.24, 2.45) is 5.73 Å². The van der Waals surface area contributed by atoms with Gasteiger partial charge in [-0.3, -0.25) is 18.6 Å². The van der Waals surface area contributed by atoms with Crippen molar-refractivity contribution in [3.8, 4) is 0 Å². The van der Waals surface area contributed by atoms with Crippen molar-refractivity contribution in [1.82, 2.24) is 0 Å². The molecule has 1 aliphatic heterocycles. The fraction of sp³-hybridized carbons (Fsp3) is 0.805. The molecular formula is C41H74NO9P. The summed E-state index contributed by atoms with van der Waals surface area (Å²) in [4.78, 5) is 34.8. The number of phosphoric acid groups is 1. The summed E-state index contributed by atoms with van der Waals surface area (Å²) in [5.74, 6) is -0.899. The molecule has 0 aromatic heterocycles. The molecule has 11 heteroatoms. The topological polar surface area (TPSA) is 147 Å². The predicted molar refractivity (Wildman–Crippen MR) is 210 cm³/mol. The van der Waals surface area contributed by atoms with Crippen molar-refractivity contribution in [2.75, 3.05) is 26.4 Å². The van der Waals surface area contributed by atoms with Crippen LogP contribution >= 0.6 is 7.82 Å². The van der Waals surface area contributed by atoms with Crippen LogP contribution in [0.3, 0.4) is 0 Å². The Hall–Kier alpha value is -1.81. The maximum Gasteiger partial charge on any atom is 0.472 e. The molecule has 1 rings (SSSR count). The molecule has 1 heterocycles. The van der Waals surface area contributed by atoms with Gasteiger partial charge in [-0.05, 0) is 51.4 Å². The highest BCUT2D eigenvalue weighted by molar-refractivity contribution is 7.47. The minimum atomic E-state index is -4.39. The summed E-state index contributed by atoms with van der Waals surface area (Å²) in [6, 6.07) is 0. The van der Waals surface area contributed by atoms with Crippen molar-refractivity contribution in [2.45, 2.75) is 186 Å². The summed E-state index contributed by atoms with van der Waals surface area (Å²) in [7, 11) is -4.39. The summed E-state index contributed by atoms with van der Waals surface area (Å²) in [5.41, 5.74) is 5.34. The number of hydrogen-bond donors (Lipinski definition) is 2. The van der Waals surface area contributed by atoms with Crippen LogP contribution < -0.4 is 5.73 Å². The molecule has 0 spiro atoms. The number of allylic oxidation sites excluding steroid dienone is 4. The van der Waals surface area contributed by atoms with Crippen LogP contribution in [0.4, 0.5) is 0 Å². The van der Waals surface area contributed by atoms with Gasteiger partial charge >= 0.3 is 19.8 Å². The molecule has 302 valence electrons. The molecule has 4 atom stereocenters. The number of esters is 2. The van der Waals surface area contributed by atoms with Gasteiger partial charge in [-0.1, -0.05) is 140 Å². The number of unbranched alkanes of at least 4 members (excludes halogenated alkanes) is 16. The monoisotopic (exact) mass is 756 g/mol. The molecule has 52 heavy (non-hydrogen) atoms.